The van der Waals surface area contributed by atoms with Gasteiger partial charge < -0.3 is 10.3 Å². The first-order valence-electron chi connectivity index (χ1n) is 6.22. The van der Waals surface area contributed by atoms with Crippen molar-refractivity contribution in [2.45, 2.75) is 53.1 Å². The second-order valence-corrected chi connectivity index (χ2v) is 5.91. The van der Waals surface area contributed by atoms with Crippen LogP contribution in [0.15, 0.2) is 18.5 Å². The van der Waals surface area contributed by atoms with E-state index in [-0.39, 0.29) is 17.2 Å². The van der Waals surface area contributed by atoms with Crippen LogP contribution in [0.1, 0.15) is 40.2 Å². The lowest BCUT2D eigenvalue weighted by Crippen LogP contribution is -2.47. The van der Waals surface area contributed by atoms with E-state index in [2.05, 4.69) is 24.1 Å². The number of nitrogens with one attached hydrogen (secondary N) is 2. The summed E-state index contributed by atoms with van der Waals surface area (Å²) in [6.07, 6.45) is 4.59. The largest absolute Gasteiger partial charge is 0.367 e. The fourth-order valence-electron chi connectivity index (χ4n) is 1.87. The third-order valence-corrected chi connectivity index (χ3v) is 2.69. The second-order valence-electron chi connectivity index (χ2n) is 5.91. The number of carbonyl (C=O) groups is 1. The average molecular weight is 236 g/mol. The molecule has 1 aromatic rings. The number of carbonyl (C=O) groups excluding carboxylic acids is 1. The van der Waals surface area contributed by atoms with Gasteiger partial charge in [0.1, 0.15) is 0 Å². The minimum Gasteiger partial charge on any atom is -0.367 e. The van der Waals surface area contributed by atoms with Crippen molar-refractivity contribution in [2.75, 3.05) is 0 Å². The monoisotopic (exact) mass is 236 g/mol. The van der Waals surface area contributed by atoms with Gasteiger partial charge in [-0.25, -0.2) is 0 Å². The zero-order valence-corrected chi connectivity index (χ0v) is 11.5. The SMILES string of the molecule is CC(C)NC(Cc1cc[nH]c1)C(=O)C(C)(C)C. The Hall–Kier alpha value is -1.09. The van der Waals surface area contributed by atoms with Gasteiger partial charge >= 0.3 is 0 Å². The number of Topliss-reactive ketones (excluding diaryl/α,β-unsaturated/α-hetero) is 1. The predicted molar refractivity (Wildman–Crippen MR) is 71.0 cm³/mol. The zero-order chi connectivity index (χ0) is 13.1. The van der Waals surface area contributed by atoms with Crippen LogP contribution in [0.3, 0.4) is 0 Å². The van der Waals surface area contributed by atoms with Crippen molar-refractivity contribution in [1.29, 1.82) is 0 Å². The number of rotatable bonds is 5. The van der Waals surface area contributed by atoms with E-state index in [1.54, 1.807) is 0 Å². The highest BCUT2D eigenvalue weighted by atomic mass is 16.1. The quantitative estimate of drug-likeness (QED) is 0.825. The number of aromatic nitrogens is 1. The molecule has 0 aliphatic heterocycles. The van der Waals surface area contributed by atoms with E-state index < -0.39 is 0 Å². The summed E-state index contributed by atoms with van der Waals surface area (Å²) in [5, 5.41) is 3.36. The molecule has 2 N–H and O–H groups in total. The Morgan fingerprint density at radius 3 is 2.47 bits per heavy atom. The molecule has 1 rings (SSSR count). The molecule has 0 aromatic carbocycles. The van der Waals surface area contributed by atoms with Crippen molar-refractivity contribution < 1.29 is 4.79 Å². The van der Waals surface area contributed by atoms with Crippen LogP contribution in [-0.2, 0) is 11.2 Å². The van der Waals surface area contributed by atoms with Crippen molar-refractivity contribution in [1.82, 2.24) is 10.3 Å². The number of aromatic amines is 1. The Balaban J connectivity index is 2.77. The topological polar surface area (TPSA) is 44.9 Å². The van der Waals surface area contributed by atoms with Crippen LogP contribution >= 0.6 is 0 Å². The highest BCUT2D eigenvalue weighted by Gasteiger charge is 2.29. The molecule has 0 fully saturated rings. The van der Waals surface area contributed by atoms with Crippen molar-refractivity contribution in [3.05, 3.63) is 24.0 Å². The molecule has 0 saturated carbocycles. The lowest BCUT2D eigenvalue weighted by Gasteiger charge is -2.27. The summed E-state index contributed by atoms with van der Waals surface area (Å²) < 4.78 is 0. The first-order valence-corrected chi connectivity index (χ1v) is 6.22. The van der Waals surface area contributed by atoms with E-state index in [9.17, 15) is 4.79 Å². The molecule has 1 aromatic heterocycles. The van der Waals surface area contributed by atoms with Gasteiger partial charge in [0.15, 0.2) is 5.78 Å². The third-order valence-electron chi connectivity index (χ3n) is 2.69. The molecular weight excluding hydrogens is 212 g/mol. The molecule has 0 aliphatic rings. The minimum atomic E-state index is -0.303. The minimum absolute atomic E-state index is 0.106. The predicted octanol–water partition coefficient (Wildman–Crippen LogP) is 2.54. The van der Waals surface area contributed by atoms with Crippen LogP contribution in [0.2, 0.25) is 0 Å². The van der Waals surface area contributed by atoms with Gasteiger partial charge in [-0.3, -0.25) is 4.79 Å². The van der Waals surface area contributed by atoms with Crippen molar-refractivity contribution in [3.8, 4) is 0 Å². The molecule has 0 aliphatic carbocycles. The molecule has 3 nitrogen and oxygen atoms in total. The number of hydrogen-bond acceptors (Lipinski definition) is 2. The summed E-state index contributed by atoms with van der Waals surface area (Å²) in [6.45, 7) is 10.1. The second kappa shape index (κ2) is 5.50. The van der Waals surface area contributed by atoms with Gasteiger partial charge in [0, 0.05) is 23.9 Å². The number of hydrogen-bond donors (Lipinski definition) is 2. The molecule has 3 heteroatoms. The van der Waals surface area contributed by atoms with Crippen molar-refractivity contribution >= 4 is 5.78 Å². The molecule has 0 saturated heterocycles. The molecule has 17 heavy (non-hydrogen) atoms. The van der Waals surface area contributed by atoms with Crippen molar-refractivity contribution in [3.63, 3.8) is 0 Å². The maximum atomic E-state index is 12.4. The van der Waals surface area contributed by atoms with Crippen LogP contribution < -0.4 is 5.32 Å². The summed E-state index contributed by atoms with van der Waals surface area (Å²) in [4.78, 5) is 15.4. The van der Waals surface area contributed by atoms with Crippen LogP contribution in [0.4, 0.5) is 0 Å². The van der Waals surface area contributed by atoms with Gasteiger partial charge in [0.25, 0.3) is 0 Å². The highest BCUT2D eigenvalue weighted by molar-refractivity contribution is 5.89. The molecule has 96 valence electrons. The molecule has 1 unspecified atom stereocenters. The molecule has 0 radical (unpaired) electrons. The van der Waals surface area contributed by atoms with Crippen LogP contribution in [0.25, 0.3) is 0 Å². The van der Waals surface area contributed by atoms with Gasteiger partial charge in [-0.1, -0.05) is 34.6 Å². The van der Waals surface area contributed by atoms with Gasteiger partial charge in [-0.2, -0.15) is 0 Å². The van der Waals surface area contributed by atoms with Gasteiger partial charge in [-0.05, 0) is 18.1 Å². The molecular formula is C14H24N2O. The van der Waals surface area contributed by atoms with E-state index in [1.807, 2.05) is 39.2 Å². The highest BCUT2D eigenvalue weighted by Crippen LogP contribution is 2.19. The number of H-pyrrole nitrogens is 1. The first kappa shape index (κ1) is 14.0. The van der Waals surface area contributed by atoms with E-state index in [4.69, 9.17) is 0 Å². The lowest BCUT2D eigenvalue weighted by molar-refractivity contribution is -0.128. The van der Waals surface area contributed by atoms with Crippen LogP contribution in [0, 0.1) is 5.41 Å². The summed E-state index contributed by atoms with van der Waals surface area (Å²) in [6, 6.07) is 2.22. The lowest BCUT2D eigenvalue weighted by atomic mass is 9.84. The maximum Gasteiger partial charge on any atom is 0.155 e. The standard InChI is InChI=1S/C14H24N2O/c1-10(2)16-12(13(17)14(3,4)5)8-11-6-7-15-9-11/h6-7,9-10,12,15-16H,8H2,1-5H3. The van der Waals surface area contributed by atoms with Crippen LogP contribution in [-0.4, -0.2) is 22.9 Å². The third kappa shape index (κ3) is 4.35. The molecule has 1 atom stereocenters. The normalized spacial score (nSPS) is 14.0. The van der Waals surface area contributed by atoms with E-state index in [0.29, 0.717) is 6.04 Å². The fourth-order valence-corrected chi connectivity index (χ4v) is 1.87. The Morgan fingerprint density at radius 1 is 1.41 bits per heavy atom. The van der Waals surface area contributed by atoms with E-state index >= 15 is 0 Å². The summed E-state index contributed by atoms with van der Waals surface area (Å²) in [7, 11) is 0. The van der Waals surface area contributed by atoms with Gasteiger partial charge in [0.05, 0.1) is 6.04 Å². The molecule has 0 bridgehead atoms. The van der Waals surface area contributed by atoms with Crippen LogP contribution in [0.5, 0.6) is 0 Å². The Kier molecular flexibility index (Phi) is 4.52. The molecule has 0 spiro atoms. The Bertz CT molecular complexity index is 347. The first-order chi connectivity index (χ1) is 7.80. The molecule has 0 amide bonds. The molecule has 1 heterocycles. The van der Waals surface area contributed by atoms with Crippen molar-refractivity contribution in [2.24, 2.45) is 5.41 Å². The Morgan fingerprint density at radius 2 is 2.06 bits per heavy atom. The summed E-state index contributed by atoms with van der Waals surface area (Å²) in [5.41, 5.74) is 0.865. The van der Waals surface area contributed by atoms with E-state index in [0.717, 1.165) is 6.42 Å². The smallest absolute Gasteiger partial charge is 0.155 e. The number of ketones is 1. The summed E-state index contributed by atoms with van der Waals surface area (Å²) >= 11 is 0. The van der Waals surface area contributed by atoms with Gasteiger partial charge in [0.2, 0.25) is 0 Å². The fraction of sp³-hybridized carbons (Fsp3) is 0.643. The van der Waals surface area contributed by atoms with E-state index in [1.165, 1.54) is 5.56 Å². The summed E-state index contributed by atoms with van der Waals surface area (Å²) in [5.74, 6) is 0.271. The average Bonchev–Trinajstić information content (AvgIpc) is 2.66. The van der Waals surface area contributed by atoms with Gasteiger partial charge in [-0.15, -0.1) is 0 Å². The Labute approximate surface area is 104 Å². The zero-order valence-electron chi connectivity index (χ0n) is 11.5. The maximum absolute atomic E-state index is 12.4.